The quantitative estimate of drug-likeness (QED) is 0.712. The molecule has 28 heavy (non-hydrogen) atoms. The van der Waals surface area contributed by atoms with Gasteiger partial charge in [-0.3, -0.25) is 4.90 Å². The maximum Gasteiger partial charge on any atom is 0.453 e. The molecule has 6 nitrogen and oxygen atoms in total. The minimum atomic E-state index is -4.61. The average Bonchev–Trinajstić information content (AvgIpc) is 3.06. The zero-order valence-corrected chi connectivity index (χ0v) is 15.8. The van der Waals surface area contributed by atoms with Crippen molar-refractivity contribution in [1.82, 2.24) is 24.5 Å². The highest BCUT2D eigenvalue weighted by Crippen LogP contribution is 2.27. The molecule has 1 aromatic carbocycles. The topological polar surface area (TPSA) is 58.4 Å². The number of nitrogens with zero attached hydrogens (tertiary/aromatic N) is 5. The summed E-state index contributed by atoms with van der Waals surface area (Å²) in [6, 6.07) is 7.59. The molecule has 3 aromatic rings. The lowest BCUT2D eigenvalue weighted by molar-refractivity contribution is -0.144. The van der Waals surface area contributed by atoms with E-state index in [1.807, 2.05) is 12.1 Å². The summed E-state index contributed by atoms with van der Waals surface area (Å²) in [6.07, 6.45) is -3.73. The summed E-state index contributed by atoms with van der Waals surface area (Å²) in [7, 11) is 0. The van der Waals surface area contributed by atoms with Crippen LogP contribution >= 0.6 is 11.6 Å². The van der Waals surface area contributed by atoms with E-state index in [4.69, 9.17) is 11.6 Å². The fourth-order valence-electron chi connectivity index (χ4n) is 3.39. The molecule has 10 heteroatoms. The average molecular weight is 411 g/mol. The summed E-state index contributed by atoms with van der Waals surface area (Å²) in [6.45, 7) is 4.67. The Bertz CT molecular complexity index is 1020. The van der Waals surface area contributed by atoms with E-state index in [0.29, 0.717) is 18.1 Å². The van der Waals surface area contributed by atoms with Gasteiger partial charge in [-0.2, -0.15) is 22.7 Å². The van der Waals surface area contributed by atoms with E-state index in [1.54, 1.807) is 13.0 Å². The first kappa shape index (κ1) is 18.9. The van der Waals surface area contributed by atoms with Crippen LogP contribution in [0.2, 0.25) is 5.02 Å². The van der Waals surface area contributed by atoms with Gasteiger partial charge in [0.25, 0.3) is 11.6 Å². The first-order valence-corrected chi connectivity index (χ1v) is 9.23. The van der Waals surface area contributed by atoms with Gasteiger partial charge < -0.3 is 5.32 Å². The van der Waals surface area contributed by atoms with Crippen molar-refractivity contribution >= 4 is 23.2 Å². The van der Waals surface area contributed by atoms with Crippen LogP contribution in [0.4, 0.5) is 19.0 Å². The molecule has 0 atom stereocenters. The Morgan fingerprint density at radius 1 is 1.25 bits per heavy atom. The molecule has 0 spiro atoms. The van der Waals surface area contributed by atoms with Gasteiger partial charge in [-0.1, -0.05) is 23.7 Å². The van der Waals surface area contributed by atoms with Crippen LogP contribution in [0.25, 0.3) is 5.78 Å². The third-order valence-corrected chi connectivity index (χ3v) is 5.07. The summed E-state index contributed by atoms with van der Waals surface area (Å²) in [4.78, 5) is 9.79. The molecular weight excluding hydrogens is 393 g/mol. The Kier molecular flexibility index (Phi) is 4.88. The van der Waals surface area contributed by atoms with Crippen LogP contribution in [0.15, 0.2) is 24.3 Å². The molecule has 0 amide bonds. The minimum Gasteiger partial charge on any atom is -0.369 e. The van der Waals surface area contributed by atoms with Crippen molar-refractivity contribution in [2.24, 2.45) is 0 Å². The van der Waals surface area contributed by atoms with Crippen LogP contribution in [0, 0.1) is 6.92 Å². The summed E-state index contributed by atoms with van der Waals surface area (Å²) in [5, 5.41) is 7.52. The van der Waals surface area contributed by atoms with Gasteiger partial charge in [-0.05, 0) is 30.5 Å². The highest BCUT2D eigenvalue weighted by atomic mass is 35.5. The van der Waals surface area contributed by atoms with Crippen molar-refractivity contribution < 1.29 is 13.2 Å². The van der Waals surface area contributed by atoms with Gasteiger partial charge in [-0.15, -0.1) is 5.10 Å². The number of anilines is 1. The van der Waals surface area contributed by atoms with E-state index in [2.05, 4.69) is 31.3 Å². The number of alkyl halides is 3. The number of hydrogen-bond donors (Lipinski definition) is 1. The molecule has 0 bridgehead atoms. The predicted octanol–water partition coefficient (Wildman–Crippen LogP) is 3.58. The van der Waals surface area contributed by atoms with Crippen molar-refractivity contribution in [3.8, 4) is 0 Å². The van der Waals surface area contributed by atoms with Gasteiger partial charge in [0.1, 0.15) is 5.82 Å². The third-order valence-electron chi connectivity index (χ3n) is 4.72. The minimum absolute atomic E-state index is 0.0728. The van der Waals surface area contributed by atoms with Crippen molar-refractivity contribution in [3.05, 3.63) is 51.9 Å². The molecule has 1 N–H and O–H groups in total. The van der Waals surface area contributed by atoms with Gasteiger partial charge in [0.2, 0.25) is 0 Å². The highest BCUT2D eigenvalue weighted by molar-refractivity contribution is 6.31. The molecule has 0 radical (unpaired) electrons. The van der Waals surface area contributed by atoms with Gasteiger partial charge in [0.15, 0.2) is 0 Å². The fraction of sp³-hybridized carbons (Fsp3) is 0.389. The smallest absolute Gasteiger partial charge is 0.369 e. The molecule has 1 aliphatic rings. The first-order valence-electron chi connectivity index (χ1n) is 8.85. The number of hydrogen-bond acceptors (Lipinski definition) is 5. The number of halogens is 4. The molecule has 148 valence electrons. The lowest BCUT2D eigenvalue weighted by Gasteiger charge is -2.29. The zero-order chi connectivity index (χ0) is 19.9. The van der Waals surface area contributed by atoms with Gasteiger partial charge in [0, 0.05) is 43.0 Å². The van der Waals surface area contributed by atoms with Crippen LogP contribution in [0.3, 0.4) is 0 Å². The molecule has 0 saturated heterocycles. The number of nitrogens with one attached hydrogen (secondary N) is 1. The molecule has 3 heterocycles. The molecule has 0 aliphatic carbocycles. The maximum atomic E-state index is 12.9. The van der Waals surface area contributed by atoms with Crippen LogP contribution in [-0.2, 0) is 19.1 Å². The molecule has 1 aliphatic heterocycles. The van der Waals surface area contributed by atoms with E-state index in [-0.39, 0.29) is 5.78 Å². The molecule has 0 unspecified atom stereocenters. The summed E-state index contributed by atoms with van der Waals surface area (Å²) in [5.74, 6) is -0.833. The second-order valence-electron chi connectivity index (χ2n) is 6.76. The predicted molar refractivity (Wildman–Crippen MR) is 99.4 cm³/mol. The van der Waals surface area contributed by atoms with Crippen LogP contribution in [-0.4, -0.2) is 44.1 Å². The van der Waals surface area contributed by atoms with Gasteiger partial charge in [-0.25, -0.2) is 4.98 Å². The third kappa shape index (κ3) is 3.77. The molecular formula is C18H18ClF3N6. The Hall–Kier alpha value is -2.39. The van der Waals surface area contributed by atoms with Gasteiger partial charge in [0.05, 0.1) is 0 Å². The number of rotatable bonds is 4. The van der Waals surface area contributed by atoms with E-state index in [9.17, 15) is 13.2 Å². The molecule has 0 fully saturated rings. The number of aryl methyl sites for hydroxylation is 1. The summed E-state index contributed by atoms with van der Waals surface area (Å²) in [5.41, 5.74) is 2.98. The van der Waals surface area contributed by atoms with E-state index >= 15 is 0 Å². The van der Waals surface area contributed by atoms with Gasteiger partial charge >= 0.3 is 6.18 Å². The standard InChI is InChI=1S/C18H18ClF3N6/c1-11-9-15(28-17(24-11)25-16(26-28)18(20,21)22)23-6-8-27-7-5-13-12(10-27)3-2-4-14(13)19/h2-4,9,23H,5-8,10H2,1H3. The van der Waals surface area contributed by atoms with Crippen LogP contribution in [0.5, 0.6) is 0 Å². The lowest BCUT2D eigenvalue weighted by Crippen LogP contribution is -2.34. The monoisotopic (exact) mass is 410 g/mol. The number of aromatic nitrogens is 4. The Morgan fingerprint density at radius 3 is 2.86 bits per heavy atom. The zero-order valence-electron chi connectivity index (χ0n) is 15.1. The largest absolute Gasteiger partial charge is 0.453 e. The lowest BCUT2D eigenvalue weighted by atomic mass is 10.00. The normalized spacial score (nSPS) is 15.0. The van der Waals surface area contributed by atoms with E-state index in [1.165, 1.54) is 11.1 Å². The van der Waals surface area contributed by atoms with E-state index < -0.39 is 12.0 Å². The maximum absolute atomic E-state index is 12.9. The second-order valence-corrected chi connectivity index (χ2v) is 7.17. The molecule has 2 aromatic heterocycles. The van der Waals surface area contributed by atoms with Crippen LogP contribution in [0.1, 0.15) is 22.6 Å². The summed E-state index contributed by atoms with van der Waals surface area (Å²) >= 11 is 6.25. The second kappa shape index (κ2) is 7.21. The SMILES string of the molecule is Cc1cc(NCCN2CCc3c(Cl)cccc3C2)n2nc(C(F)(F)F)nc2n1. The highest BCUT2D eigenvalue weighted by Gasteiger charge is 2.36. The van der Waals surface area contributed by atoms with Crippen molar-refractivity contribution in [1.29, 1.82) is 0 Å². The fourth-order valence-corrected chi connectivity index (χ4v) is 3.68. The number of benzene rings is 1. The van der Waals surface area contributed by atoms with E-state index in [0.717, 1.165) is 35.6 Å². The van der Waals surface area contributed by atoms with Crippen molar-refractivity contribution in [2.75, 3.05) is 25.0 Å². The van der Waals surface area contributed by atoms with Crippen LogP contribution < -0.4 is 5.32 Å². The Morgan fingerprint density at radius 2 is 2.07 bits per heavy atom. The summed E-state index contributed by atoms with van der Waals surface area (Å²) < 4.78 is 39.8. The molecule has 0 saturated carbocycles. The Labute approximate surface area is 164 Å². The molecule has 4 rings (SSSR count). The van der Waals surface area contributed by atoms with Crippen molar-refractivity contribution in [2.45, 2.75) is 26.1 Å². The Balaban J connectivity index is 1.45. The number of fused-ring (bicyclic) bond motifs is 2. The van der Waals surface area contributed by atoms with Crippen molar-refractivity contribution in [3.63, 3.8) is 0 Å². The first-order chi connectivity index (χ1) is 13.3.